The Balaban J connectivity index is 2.08. The molecule has 0 aliphatic carbocycles. The lowest BCUT2D eigenvalue weighted by atomic mass is 10.3. The number of rotatable bonds is 5. The maximum Gasteiger partial charge on any atom is 0.179 e. The second-order valence-electron chi connectivity index (χ2n) is 4.48. The van der Waals surface area contributed by atoms with Crippen LogP contribution < -0.4 is 10.1 Å². The van der Waals surface area contributed by atoms with Crippen molar-refractivity contribution in [3.63, 3.8) is 0 Å². The number of sulfone groups is 1. The van der Waals surface area contributed by atoms with Gasteiger partial charge in [0.2, 0.25) is 0 Å². The Labute approximate surface area is 108 Å². The number of hydrogen-bond acceptors (Lipinski definition) is 4. The molecule has 0 saturated carbocycles. The Hall–Kier alpha value is -1.07. The highest BCUT2D eigenvalue weighted by atomic mass is 32.2. The monoisotopic (exact) mass is 269 g/mol. The lowest BCUT2D eigenvalue weighted by Crippen LogP contribution is -2.29. The van der Waals surface area contributed by atoms with E-state index in [1.807, 2.05) is 6.92 Å². The topological polar surface area (TPSA) is 55.4 Å². The van der Waals surface area contributed by atoms with E-state index in [2.05, 4.69) is 5.32 Å². The van der Waals surface area contributed by atoms with Crippen LogP contribution in [-0.2, 0) is 9.84 Å². The molecule has 100 valence electrons. The SMILES string of the molecule is CCOc1ccc(S(=O)(=O)CC2CCCN2)cc1. The smallest absolute Gasteiger partial charge is 0.179 e. The second kappa shape index (κ2) is 5.71. The average Bonchev–Trinajstić information content (AvgIpc) is 2.82. The molecule has 5 heteroatoms. The Morgan fingerprint density at radius 2 is 2.06 bits per heavy atom. The summed E-state index contributed by atoms with van der Waals surface area (Å²) in [6, 6.07) is 6.75. The van der Waals surface area contributed by atoms with Crippen LogP contribution in [0.1, 0.15) is 19.8 Å². The van der Waals surface area contributed by atoms with Gasteiger partial charge >= 0.3 is 0 Å². The van der Waals surface area contributed by atoms with E-state index in [0.29, 0.717) is 17.3 Å². The van der Waals surface area contributed by atoms with E-state index in [4.69, 9.17) is 4.74 Å². The summed E-state index contributed by atoms with van der Waals surface area (Å²) in [4.78, 5) is 0.375. The largest absolute Gasteiger partial charge is 0.494 e. The molecule has 0 bridgehead atoms. The number of nitrogens with one attached hydrogen (secondary N) is 1. The predicted octanol–water partition coefficient (Wildman–Crippen LogP) is 1.61. The van der Waals surface area contributed by atoms with Gasteiger partial charge in [0.05, 0.1) is 17.3 Å². The van der Waals surface area contributed by atoms with Crippen LogP contribution in [0.5, 0.6) is 5.75 Å². The molecule has 1 heterocycles. The molecule has 2 rings (SSSR count). The van der Waals surface area contributed by atoms with Crippen molar-refractivity contribution < 1.29 is 13.2 Å². The Kier molecular flexibility index (Phi) is 4.24. The van der Waals surface area contributed by atoms with E-state index < -0.39 is 9.84 Å². The van der Waals surface area contributed by atoms with Crippen LogP contribution in [0.15, 0.2) is 29.2 Å². The van der Waals surface area contributed by atoms with Gasteiger partial charge in [-0.2, -0.15) is 0 Å². The van der Waals surface area contributed by atoms with E-state index >= 15 is 0 Å². The molecular formula is C13H19NO3S. The van der Waals surface area contributed by atoms with Crippen LogP contribution in [0, 0.1) is 0 Å². The van der Waals surface area contributed by atoms with E-state index in [1.165, 1.54) is 0 Å². The van der Waals surface area contributed by atoms with Crippen molar-refractivity contribution in [2.75, 3.05) is 18.9 Å². The van der Waals surface area contributed by atoms with Gasteiger partial charge in [0.15, 0.2) is 9.84 Å². The number of ether oxygens (including phenoxy) is 1. The van der Waals surface area contributed by atoms with E-state index in [9.17, 15) is 8.42 Å². The molecule has 0 radical (unpaired) electrons. The van der Waals surface area contributed by atoms with Gasteiger partial charge < -0.3 is 10.1 Å². The molecule has 1 N–H and O–H groups in total. The van der Waals surface area contributed by atoms with Gasteiger partial charge in [-0.05, 0) is 50.6 Å². The second-order valence-corrected chi connectivity index (χ2v) is 6.51. The van der Waals surface area contributed by atoms with Crippen LogP contribution >= 0.6 is 0 Å². The lowest BCUT2D eigenvalue weighted by molar-refractivity contribution is 0.340. The summed E-state index contributed by atoms with van der Waals surface area (Å²) in [5.74, 6) is 0.886. The summed E-state index contributed by atoms with van der Waals surface area (Å²) < 4.78 is 29.7. The summed E-state index contributed by atoms with van der Waals surface area (Å²) in [5.41, 5.74) is 0. The normalized spacial score (nSPS) is 19.9. The zero-order chi connectivity index (χ0) is 13.0. The third kappa shape index (κ3) is 3.23. The van der Waals surface area contributed by atoms with Gasteiger partial charge in [-0.3, -0.25) is 0 Å². The standard InChI is InChI=1S/C13H19NO3S/c1-2-17-12-5-7-13(8-6-12)18(15,16)10-11-4-3-9-14-11/h5-8,11,14H,2-4,9-10H2,1H3. The van der Waals surface area contributed by atoms with Gasteiger partial charge in [-0.1, -0.05) is 0 Å². The highest BCUT2D eigenvalue weighted by Crippen LogP contribution is 2.19. The van der Waals surface area contributed by atoms with E-state index in [-0.39, 0.29) is 11.8 Å². The van der Waals surface area contributed by atoms with Crippen molar-refractivity contribution in [3.05, 3.63) is 24.3 Å². The lowest BCUT2D eigenvalue weighted by Gasteiger charge is -2.11. The van der Waals surface area contributed by atoms with Gasteiger partial charge in [0.1, 0.15) is 5.75 Å². The van der Waals surface area contributed by atoms with Crippen LogP contribution in [0.2, 0.25) is 0 Å². The minimum atomic E-state index is -3.19. The minimum Gasteiger partial charge on any atom is -0.494 e. The molecule has 1 fully saturated rings. The zero-order valence-corrected chi connectivity index (χ0v) is 11.4. The quantitative estimate of drug-likeness (QED) is 0.882. The van der Waals surface area contributed by atoms with Crippen molar-refractivity contribution >= 4 is 9.84 Å². The van der Waals surface area contributed by atoms with Crippen molar-refractivity contribution in [2.45, 2.75) is 30.7 Å². The van der Waals surface area contributed by atoms with Crippen molar-refractivity contribution in [3.8, 4) is 5.75 Å². The Morgan fingerprint density at radius 1 is 1.33 bits per heavy atom. The van der Waals surface area contributed by atoms with Crippen LogP contribution in [0.25, 0.3) is 0 Å². The van der Waals surface area contributed by atoms with Crippen LogP contribution in [0.3, 0.4) is 0 Å². The first-order chi connectivity index (χ1) is 8.62. The molecule has 4 nitrogen and oxygen atoms in total. The van der Waals surface area contributed by atoms with Gasteiger partial charge in [-0.15, -0.1) is 0 Å². The third-order valence-electron chi connectivity index (χ3n) is 3.08. The summed E-state index contributed by atoms with van der Waals surface area (Å²) in [7, 11) is -3.19. The molecule has 0 spiro atoms. The first kappa shape index (κ1) is 13.4. The zero-order valence-electron chi connectivity index (χ0n) is 10.6. The molecule has 1 unspecified atom stereocenters. The first-order valence-electron chi connectivity index (χ1n) is 6.31. The molecule has 1 aromatic carbocycles. The molecule has 1 aliphatic heterocycles. The van der Waals surface area contributed by atoms with Crippen molar-refractivity contribution in [2.24, 2.45) is 0 Å². The molecule has 0 aromatic heterocycles. The number of hydrogen-bond donors (Lipinski definition) is 1. The third-order valence-corrected chi connectivity index (χ3v) is 4.91. The predicted molar refractivity (Wildman–Crippen MR) is 70.7 cm³/mol. The van der Waals surface area contributed by atoms with E-state index in [0.717, 1.165) is 19.4 Å². The highest BCUT2D eigenvalue weighted by Gasteiger charge is 2.23. The van der Waals surface area contributed by atoms with E-state index in [1.54, 1.807) is 24.3 Å². The average molecular weight is 269 g/mol. The summed E-state index contributed by atoms with van der Waals surface area (Å²) in [6.45, 7) is 3.40. The molecule has 1 aromatic rings. The van der Waals surface area contributed by atoms with Gasteiger partial charge in [0.25, 0.3) is 0 Å². The van der Waals surface area contributed by atoms with Crippen LogP contribution in [-0.4, -0.2) is 33.4 Å². The summed E-state index contributed by atoms with van der Waals surface area (Å²) >= 11 is 0. The fraction of sp³-hybridized carbons (Fsp3) is 0.538. The number of benzene rings is 1. The first-order valence-corrected chi connectivity index (χ1v) is 7.96. The highest BCUT2D eigenvalue weighted by molar-refractivity contribution is 7.91. The maximum atomic E-state index is 12.2. The molecule has 1 atom stereocenters. The van der Waals surface area contributed by atoms with Crippen molar-refractivity contribution in [1.82, 2.24) is 5.32 Å². The van der Waals surface area contributed by atoms with Crippen molar-refractivity contribution in [1.29, 1.82) is 0 Å². The summed E-state index contributed by atoms with van der Waals surface area (Å²) in [6.07, 6.45) is 2.00. The maximum absolute atomic E-state index is 12.2. The van der Waals surface area contributed by atoms with Gasteiger partial charge in [-0.25, -0.2) is 8.42 Å². The molecule has 0 amide bonds. The molecular weight excluding hydrogens is 250 g/mol. The Morgan fingerprint density at radius 3 is 2.61 bits per heavy atom. The Bertz CT molecular complexity index is 475. The molecule has 1 saturated heterocycles. The molecule has 1 aliphatic rings. The summed E-state index contributed by atoms with van der Waals surface area (Å²) in [5, 5.41) is 3.21. The fourth-order valence-corrected chi connectivity index (χ4v) is 3.73. The minimum absolute atomic E-state index is 0.0987. The van der Waals surface area contributed by atoms with Crippen LogP contribution in [0.4, 0.5) is 0 Å². The molecule has 18 heavy (non-hydrogen) atoms. The fourth-order valence-electron chi connectivity index (χ4n) is 2.17. The van der Waals surface area contributed by atoms with Gasteiger partial charge in [0, 0.05) is 6.04 Å².